The van der Waals surface area contributed by atoms with Gasteiger partial charge >= 0.3 is 0 Å². The van der Waals surface area contributed by atoms with Crippen molar-refractivity contribution in [1.29, 1.82) is 0 Å². The van der Waals surface area contributed by atoms with Crippen LogP contribution in [0, 0.1) is 5.92 Å². The van der Waals surface area contributed by atoms with Crippen molar-refractivity contribution in [2.45, 2.75) is 38.5 Å². The quantitative estimate of drug-likeness (QED) is 0.205. The molecule has 5 N–H and O–H groups in total. The van der Waals surface area contributed by atoms with E-state index in [0.29, 0.717) is 19.7 Å². The number of carbonyl (C=O) groups excluding carboxylic acids is 2. The smallest absolute Gasteiger partial charge is 0.271 e. The van der Waals surface area contributed by atoms with Crippen LogP contribution in [0.1, 0.15) is 29.9 Å². The van der Waals surface area contributed by atoms with E-state index in [-0.39, 0.29) is 23.2 Å². The van der Waals surface area contributed by atoms with E-state index in [1.165, 1.54) is 12.5 Å². The van der Waals surface area contributed by atoms with Crippen molar-refractivity contribution in [3.05, 3.63) is 47.0 Å². The lowest BCUT2D eigenvalue weighted by Gasteiger charge is -2.31. The molecular formula is C23H35N5O6S2. The average Bonchev–Trinajstić information content (AvgIpc) is 3.27. The van der Waals surface area contributed by atoms with Crippen molar-refractivity contribution in [3.63, 3.8) is 0 Å². The third-order valence-electron chi connectivity index (χ3n) is 5.02. The number of anilines is 1. The van der Waals surface area contributed by atoms with Crippen LogP contribution in [0.4, 0.5) is 5.13 Å². The molecule has 1 heterocycles. The van der Waals surface area contributed by atoms with Gasteiger partial charge in [0.25, 0.3) is 5.91 Å². The van der Waals surface area contributed by atoms with Gasteiger partial charge in [-0.1, -0.05) is 44.2 Å². The van der Waals surface area contributed by atoms with Gasteiger partial charge in [0.15, 0.2) is 5.13 Å². The van der Waals surface area contributed by atoms with E-state index in [1.807, 2.05) is 44.2 Å². The van der Waals surface area contributed by atoms with Crippen LogP contribution in [0.5, 0.6) is 0 Å². The van der Waals surface area contributed by atoms with Crippen molar-refractivity contribution in [2.24, 2.45) is 5.92 Å². The van der Waals surface area contributed by atoms with Crippen molar-refractivity contribution >= 4 is 38.3 Å². The first-order chi connectivity index (χ1) is 17.0. The highest BCUT2D eigenvalue weighted by Gasteiger charge is 2.34. The molecule has 0 radical (unpaired) electrons. The van der Waals surface area contributed by atoms with E-state index in [4.69, 9.17) is 4.74 Å². The molecule has 2 aromatic rings. The van der Waals surface area contributed by atoms with Crippen molar-refractivity contribution in [1.82, 2.24) is 20.9 Å². The summed E-state index contributed by atoms with van der Waals surface area (Å²) in [6, 6.07) is 7.36. The first kappa shape index (κ1) is 29.6. The first-order valence-corrected chi connectivity index (χ1v) is 14.2. The number of aliphatic hydroxyl groups is 1. The van der Waals surface area contributed by atoms with Gasteiger partial charge in [0, 0.05) is 25.6 Å². The van der Waals surface area contributed by atoms with E-state index in [2.05, 4.69) is 25.7 Å². The van der Waals surface area contributed by atoms with Gasteiger partial charge in [0.2, 0.25) is 15.9 Å². The number of amides is 2. The number of aliphatic hydroxyl groups excluding tert-OH is 1. The van der Waals surface area contributed by atoms with Crippen LogP contribution < -0.4 is 20.7 Å². The second kappa shape index (κ2) is 14.2. The molecular weight excluding hydrogens is 506 g/mol. The summed E-state index contributed by atoms with van der Waals surface area (Å²) < 4.78 is 30.2. The van der Waals surface area contributed by atoms with E-state index < -0.39 is 40.0 Å². The average molecular weight is 542 g/mol. The lowest BCUT2D eigenvalue weighted by Crippen LogP contribution is -2.60. The largest absolute Gasteiger partial charge is 0.389 e. The van der Waals surface area contributed by atoms with Crippen LogP contribution in [-0.4, -0.2) is 81.6 Å². The maximum atomic E-state index is 13.0. The molecule has 36 heavy (non-hydrogen) atoms. The topological polar surface area (TPSA) is 159 Å². The molecule has 0 bridgehead atoms. The molecule has 1 aromatic heterocycles. The number of hydrogen-bond donors (Lipinski definition) is 5. The van der Waals surface area contributed by atoms with Crippen molar-refractivity contribution in [3.8, 4) is 0 Å². The Hall–Kier alpha value is -2.58. The van der Waals surface area contributed by atoms with Gasteiger partial charge in [-0.05, 0) is 17.9 Å². The fourth-order valence-electron chi connectivity index (χ4n) is 3.28. The number of sulfonamides is 1. The summed E-state index contributed by atoms with van der Waals surface area (Å²) in [5.74, 6) is -0.788. The van der Waals surface area contributed by atoms with Crippen LogP contribution in [0.15, 0.2) is 35.7 Å². The molecule has 3 unspecified atom stereocenters. The number of nitrogens with one attached hydrogen (secondary N) is 4. The molecule has 0 spiro atoms. The van der Waals surface area contributed by atoms with E-state index >= 15 is 0 Å². The minimum Gasteiger partial charge on any atom is -0.389 e. The molecule has 0 aliphatic heterocycles. The minimum atomic E-state index is -3.55. The number of rotatable bonds is 15. The molecule has 0 saturated carbocycles. The van der Waals surface area contributed by atoms with Crippen LogP contribution in [0.25, 0.3) is 0 Å². The van der Waals surface area contributed by atoms with Gasteiger partial charge < -0.3 is 25.8 Å². The zero-order chi connectivity index (χ0) is 26.7. The van der Waals surface area contributed by atoms with Crippen LogP contribution >= 0.6 is 11.3 Å². The number of benzene rings is 1. The van der Waals surface area contributed by atoms with E-state index in [1.54, 1.807) is 0 Å². The molecule has 11 nitrogen and oxygen atoms in total. The number of methoxy groups -OCH3 is 1. The predicted octanol–water partition coefficient (Wildman–Crippen LogP) is 0.593. The monoisotopic (exact) mass is 541 g/mol. The third-order valence-corrected chi connectivity index (χ3v) is 6.47. The SMILES string of the molecule is COCCNC(C(=O)NCC(C)C)C(O)C(Cc1ccccc1)NC(=O)c1csc(NS(C)(=O)=O)n1. The summed E-state index contributed by atoms with van der Waals surface area (Å²) in [6.45, 7) is 4.99. The standard InChI is InChI=1S/C23H35N5O6S2/c1-15(2)13-25-22(31)19(24-10-11-34-3)20(29)17(12-16-8-6-5-7-9-16)26-21(30)18-14-35-23(27-18)28-36(4,32)33/h5-9,14-15,17,19-20,24,29H,10-13H2,1-4H3,(H,25,31)(H,26,30)(H,27,28). The Balaban J connectivity index is 2.27. The van der Waals surface area contributed by atoms with Gasteiger partial charge in [-0.3, -0.25) is 14.3 Å². The molecule has 3 atom stereocenters. The number of hydrogen-bond acceptors (Lipinski definition) is 9. The van der Waals surface area contributed by atoms with Gasteiger partial charge in [-0.15, -0.1) is 11.3 Å². The molecule has 2 amide bonds. The fraction of sp³-hybridized carbons (Fsp3) is 0.522. The third kappa shape index (κ3) is 10.2. The molecule has 0 aliphatic rings. The summed E-state index contributed by atoms with van der Waals surface area (Å²) in [4.78, 5) is 30.0. The molecule has 0 fully saturated rings. The van der Waals surface area contributed by atoms with E-state index in [9.17, 15) is 23.1 Å². The highest BCUT2D eigenvalue weighted by Crippen LogP contribution is 2.17. The Bertz CT molecular complexity index is 1080. The molecule has 200 valence electrons. The highest BCUT2D eigenvalue weighted by atomic mass is 32.2. The van der Waals surface area contributed by atoms with Crippen LogP contribution in [-0.2, 0) is 26.0 Å². The highest BCUT2D eigenvalue weighted by molar-refractivity contribution is 7.92. The molecule has 1 aromatic carbocycles. The Morgan fingerprint density at radius 3 is 2.50 bits per heavy atom. The zero-order valence-electron chi connectivity index (χ0n) is 20.9. The summed E-state index contributed by atoms with van der Waals surface area (Å²) in [5.41, 5.74) is 0.836. The number of ether oxygens (including phenoxy) is 1. The molecule has 0 saturated heterocycles. The molecule has 0 aliphatic carbocycles. The Kier molecular flexibility index (Phi) is 11.7. The summed E-state index contributed by atoms with van der Waals surface area (Å²) in [6.07, 6.45) is -0.0707. The lowest BCUT2D eigenvalue weighted by molar-refractivity contribution is -0.126. The lowest BCUT2D eigenvalue weighted by atomic mass is 9.95. The second-order valence-corrected chi connectivity index (χ2v) is 11.3. The van der Waals surface area contributed by atoms with Crippen molar-refractivity contribution in [2.75, 3.05) is 37.8 Å². The fourth-order valence-corrected chi connectivity index (χ4v) is 4.83. The van der Waals surface area contributed by atoms with Gasteiger partial charge in [0.05, 0.1) is 25.0 Å². The maximum Gasteiger partial charge on any atom is 0.271 e. The minimum absolute atomic E-state index is 0.00966. The second-order valence-electron chi connectivity index (χ2n) is 8.74. The Morgan fingerprint density at radius 2 is 1.89 bits per heavy atom. The van der Waals surface area contributed by atoms with Crippen LogP contribution in [0.2, 0.25) is 0 Å². The number of carbonyl (C=O) groups is 2. The van der Waals surface area contributed by atoms with Crippen molar-refractivity contribution < 1.29 is 27.9 Å². The van der Waals surface area contributed by atoms with Gasteiger partial charge in [0.1, 0.15) is 11.7 Å². The summed E-state index contributed by atoms with van der Waals surface area (Å²) >= 11 is 0.963. The first-order valence-electron chi connectivity index (χ1n) is 11.5. The normalized spacial score (nSPS) is 14.2. The Morgan fingerprint density at radius 1 is 1.19 bits per heavy atom. The summed E-state index contributed by atoms with van der Waals surface area (Å²) in [7, 11) is -2.01. The summed E-state index contributed by atoms with van der Waals surface area (Å²) in [5, 5.41) is 21.4. The maximum absolute atomic E-state index is 13.0. The molecule has 2 rings (SSSR count). The van der Waals surface area contributed by atoms with Crippen LogP contribution in [0.3, 0.4) is 0 Å². The number of nitrogens with zero attached hydrogens (tertiary/aromatic N) is 1. The number of aromatic nitrogens is 1. The van der Waals surface area contributed by atoms with E-state index in [0.717, 1.165) is 23.2 Å². The van der Waals surface area contributed by atoms with Gasteiger partial charge in [-0.25, -0.2) is 13.4 Å². The predicted molar refractivity (Wildman–Crippen MR) is 140 cm³/mol. The molecule has 13 heteroatoms. The van der Waals surface area contributed by atoms with Gasteiger partial charge in [-0.2, -0.15) is 0 Å². The zero-order valence-corrected chi connectivity index (χ0v) is 22.5. The number of thiazole rings is 1. The Labute approximate surface area is 216 Å².